The van der Waals surface area contributed by atoms with E-state index in [-0.39, 0.29) is 30.3 Å². The normalized spacial score (nSPS) is 15.7. The van der Waals surface area contributed by atoms with Gasteiger partial charge in [-0.2, -0.15) is 10.4 Å². The number of hydrogen-bond donors (Lipinski definition) is 1. The van der Waals surface area contributed by atoms with E-state index >= 15 is 0 Å². The number of rotatable bonds is 6. The van der Waals surface area contributed by atoms with E-state index in [1.165, 1.54) is 11.3 Å². The van der Waals surface area contributed by atoms with Crippen molar-refractivity contribution in [2.45, 2.75) is 19.8 Å². The lowest BCUT2D eigenvalue weighted by Crippen LogP contribution is -2.50. The maximum absolute atomic E-state index is 13.1. The third kappa shape index (κ3) is 5.29. The quantitative estimate of drug-likeness (QED) is 0.508. The summed E-state index contributed by atoms with van der Waals surface area (Å²) in [7, 11) is -3.07. The van der Waals surface area contributed by atoms with E-state index < -0.39 is 15.7 Å². The highest BCUT2D eigenvalue weighted by molar-refractivity contribution is 7.91. The van der Waals surface area contributed by atoms with Gasteiger partial charge in [-0.3, -0.25) is 10.2 Å². The molecule has 1 N–H and O–H groups in total. The molecule has 34 heavy (non-hydrogen) atoms. The Morgan fingerprint density at radius 3 is 2.65 bits per heavy atom. The fourth-order valence-electron chi connectivity index (χ4n) is 3.67. The molecule has 8 nitrogen and oxygen atoms in total. The van der Waals surface area contributed by atoms with E-state index in [4.69, 9.17) is 28.5 Å². The third-order valence-corrected chi connectivity index (χ3v) is 8.76. The third-order valence-electron chi connectivity index (χ3n) is 5.46. The van der Waals surface area contributed by atoms with Crippen LogP contribution in [0.3, 0.4) is 0 Å². The molecule has 1 saturated heterocycles. The monoisotopic (exact) mass is 537 g/mol. The highest BCUT2D eigenvalue weighted by Crippen LogP contribution is 2.36. The number of benzene rings is 1. The van der Waals surface area contributed by atoms with Crippen molar-refractivity contribution >= 4 is 50.3 Å². The maximum Gasteiger partial charge on any atom is 0.286 e. The summed E-state index contributed by atoms with van der Waals surface area (Å²) in [6, 6.07) is 11.1. The lowest BCUT2D eigenvalue weighted by Gasteiger charge is -2.26. The SMILES string of the molecule is Cc1c(C(=O)NN2CCS(=O)(=O)CC2)nn(-c2ccc(Cl)cc2Cl)c1-c1ccc(CCC#N)s1. The molecule has 0 aliphatic carbocycles. The van der Waals surface area contributed by atoms with Gasteiger partial charge in [0.2, 0.25) is 0 Å². The zero-order chi connectivity index (χ0) is 24.5. The Labute approximate surface area is 211 Å². The first-order valence-electron chi connectivity index (χ1n) is 10.5. The largest absolute Gasteiger partial charge is 0.286 e. The topological polar surface area (TPSA) is 108 Å². The molecular weight excluding hydrogens is 517 g/mol. The molecule has 3 aromatic rings. The van der Waals surface area contributed by atoms with Crippen molar-refractivity contribution in [2.24, 2.45) is 0 Å². The molecule has 1 aromatic carbocycles. The van der Waals surface area contributed by atoms with Crippen LogP contribution >= 0.6 is 34.5 Å². The minimum Gasteiger partial charge on any atom is -0.283 e. The summed E-state index contributed by atoms with van der Waals surface area (Å²) in [5.74, 6) is -0.442. The van der Waals surface area contributed by atoms with Crippen molar-refractivity contribution in [3.05, 3.63) is 56.5 Å². The smallest absolute Gasteiger partial charge is 0.283 e. The van der Waals surface area contributed by atoms with Gasteiger partial charge in [-0.25, -0.2) is 18.1 Å². The first-order valence-corrected chi connectivity index (χ1v) is 13.9. The van der Waals surface area contributed by atoms with Crippen LogP contribution in [0.25, 0.3) is 16.3 Å². The first kappa shape index (κ1) is 24.7. The van der Waals surface area contributed by atoms with Crippen LogP contribution in [0.1, 0.15) is 27.3 Å². The summed E-state index contributed by atoms with van der Waals surface area (Å²) in [4.78, 5) is 15.1. The van der Waals surface area contributed by atoms with Crippen molar-refractivity contribution in [1.29, 1.82) is 5.26 Å². The molecule has 1 aliphatic rings. The van der Waals surface area contributed by atoms with Crippen LogP contribution in [-0.4, -0.2) is 53.7 Å². The summed E-state index contributed by atoms with van der Waals surface area (Å²) in [6.07, 6.45) is 1.06. The lowest BCUT2D eigenvalue weighted by atomic mass is 10.1. The van der Waals surface area contributed by atoms with Gasteiger partial charge >= 0.3 is 0 Å². The standard InChI is InChI=1S/C22H21Cl2N5O3S2/c1-14-20(22(30)27-28-9-11-34(31,32)12-10-28)26-29(18-6-4-15(23)13-17(18)24)21(14)19-7-5-16(33-19)3-2-8-25/h4-7,13H,2-3,9-12H2,1H3,(H,27,30). The summed E-state index contributed by atoms with van der Waals surface area (Å²) in [6.45, 7) is 2.25. The van der Waals surface area contributed by atoms with Crippen LogP contribution in [0.2, 0.25) is 10.0 Å². The maximum atomic E-state index is 13.1. The van der Waals surface area contributed by atoms with Gasteiger partial charge in [0, 0.05) is 35.0 Å². The summed E-state index contributed by atoms with van der Waals surface area (Å²) >= 11 is 14.1. The molecule has 0 spiro atoms. The van der Waals surface area contributed by atoms with Crippen LogP contribution in [-0.2, 0) is 16.3 Å². The average Bonchev–Trinajstić information content (AvgIpc) is 3.38. The molecule has 1 aliphatic heterocycles. The average molecular weight is 538 g/mol. The molecule has 4 rings (SSSR count). The first-order chi connectivity index (χ1) is 16.2. The number of amides is 1. The van der Waals surface area contributed by atoms with Crippen molar-refractivity contribution < 1.29 is 13.2 Å². The number of carbonyl (C=O) groups excluding carboxylic acids is 1. The highest BCUT2D eigenvalue weighted by Gasteiger charge is 2.27. The number of hydrogen-bond acceptors (Lipinski definition) is 7. The Balaban J connectivity index is 1.73. The molecule has 0 atom stereocenters. The van der Waals surface area contributed by atoms with Crippen molar-refractivity contribution in [1.82, 2.24) is 20.2 Å². The predicted octanol–water partition coefficient (Wildman–Crippen LogP) is 4.05. The molecule has 1 fully saturated rings. The number of aromatic nitrogens is 2. The summed E-state index contributed by atoms with van der Waals surface area (Å²) < 4.78 is 25.0. The van der Waals surface area contributed by atoms with Crippen molar-refractivity contribution in [3.63, 3.8) is 0 Å². The summed E-state index contributed by atoms with van der Waals surface area (Å²) in [5.41, 5.74) is 4.93. The van der Waals surface area contributed by atoms with Crippen LogP contribution in [0, 0.1) is 18.3 Å². The van der Waals surface area contributed by atoms with Crippen molar-refractivity contribution in [3.8, 4) is 22.3 Å². The van der Waals surface area contributed by atoms with Crippen LogP contribution in [0.5, 0.6) is 0 Å². The van der Waals surface area contributed by atoms with Crippen molar-refractivity contribution in [2.75, 3.05) is 24.6 Å². The van der Waals surface area contributed by atoms with Gasteiger partial charge in [0.15, 0.2) is 15.5 Å². The molecule has 0 bridgehead atoms. The second-order valence-corrected chi connectivity index (χ2v) is 12.1. The minimum absolute atomic E-state index is 0.00694. The second kappa shape index (κ2) is 10.1. The van der Waals surface area contributed by atoms with E-state index in [9.17, 15) is 13.2 Å². The van der Waals surface area contributed by atoms with Gasteiger partial charge < -0.3 is 0 Å². The van der Waals surface area contributed by atoms with Gasteiger partial charge in [-0.15, -0.1) is 11.3 Å². The number of aryl methyl sites for hydroxylation is 1. The number of nitriles is 1. The Morgan fingerprint density at radius 1 is 1.24 bits per heavy atom. The highest BCUT2D eigenvalue weighted by atomic mass is 35.5. The molecule has 2 aromatic heterocycles. The number of halogens is 2. The Morgan fingerprint density at radius 2 is 1.97 bits per heavy atom. The summed E-state index contributed by atoms with van der Waals surface area (Å²) in [5, 5.41) is 16.0. The number of sulfone groups is 1. The van der Waals surface area contributed by atoms with Gasteiger partial charge in [0.25, 0.3) is 5.91 Å². The molecule has 3 heterocycles. The zero-order valence-electron chi connectivity index (χ0n) is 18.2. The second-order valence-electron chi connectivity index (χ2n) is 7.83. The lowest BCUT2D eigenvalue weighted by molar-refractivity contribution is 0.0795. The van der Waals surface area contributed by atoms with E-state index in [1.54, 1.807) is 27.9 Å². The van der Waals surface area contributed by atoms with Gasteiger partial charge in [-0.05, 0) is 43.7 Å². The van der Waals surface area contributed by atoms with E-state index in [1.807, 2.05) is 19.1 Å². The molecular formula is C22H21Cl2N5O3S2. The molecule has 0 unspecified atom stereocenters. The number of nitrogens with one attached hydrogen (secondary N) is 1. The molecule has 0 saturated carbocycles. The van der Waals surface area contributed by atoms with Crippen LogP contribution < -0.4 is 5.43 Å². The Hall–Kier alpha value is -2.42. The molecule has 178 valence electrons. The number of carbonyl (C=O) groups is 1. The molecule has 0 radical (unpaired) electrons. The minimum atomic E-state index is -3.07. The number of thiophene rings is 1. The Kier molecular flexibility index (Phi) is 7.31. The molecule has 12 heteroatoms. The van der Waals surface area contributed by atoms with Crippen LogP contribution in [0.4, 0.5) is 0 Å². The fourth-order valence-corrected chi connectivity index (χ4v) is 6.45. The number of hydrazine groups is 1. The van der Waals surface area contributed by atoms with E-state index in [2.05, 4.69) is 16.6 Å². The zero-order valence-corrected chi connectivity index (χ0v) is 21.4. The molecule has 1 amide bonds. The van der Waals surface area contributed by atoms with Gasteiger partial charge in [0.05, 0.1) is 38.9 Å². The predicted molar refractivity (Wildman–Crippen MR) is 133 cm³/mol. The van der Waals surface area contributed by atoms with Gasteiger partial charge in [0.1, 0.15) is 0 Å². The van der Waals surface area contributed by atoms with Gasteiger partial charge in [-0.1, -0.05) is 23.2 Å². The van der Waals surface area contributed by atoms with E-state index in [0.29, 0.717) is 39.8 Å². The van der Waals surface area contributed by atoms with Crippen LogP contribution in [0.15, 0.2) is 30.3 Å². The fraction of sp³-hybridized carbons (Fsp3) is 0.318. The Bertz CT molecular complexity index is 1380. The van der Waals surface area contributed by atoms with E-state index in [0.717, 1.165) is 9.75 Å². The number of nitrogens with zero attached hydrogens (tertiary/aromatic N) is 4.